The summed E-state index contributed by atoms with van der Waals surface area (Å²) in [5, 5.41) is 0. The Morgan fingerprint density at radius 1 is 1.20 bits per heavy atom. The van der Waals surface area contributed by atoms with E-state index in [4.69, 9.17) is 0 Å². The van der Waals surface area contributed by atoms with Crippen LogP contribution < -0.4 is 0 Å². The predicted molar refractivity (Wildman–Crippen MR) is 86.0 cm³/mol. The van der Waals surface area contributed by atoms with Gasteiger partial charge in [-0.2, -0.15) is 13.2 Å². The Morgan fingerprint density at radius 3 is 2.44 bits per heavy atom. The van der Waals surface area contributed by atoms with E-state index in [1.165, 1.54) is 5.56 Å². The van der Waals surface area contributed by atoms with E-state index >= 15 is 0 Å². The topological polar surface area (TPSA) is 46.1 Å². The number of hydrogen-bond donors (Lipinski definition) is 0. The minimum atomic E-state index is -4.61. The van der Waals surface area contributed by atoms with Crippen LogP contribution in [0.1, 0.15) is 40.2 Å². The van der Waals surface area contributed by atoms with Crippen molar-refractivity contribution in [3.63, 3.8) is 0 Å². The van der Waals surface area contributed by atoms with Gasteiger partial charge in [0.05, 0.1) is 5.56 Å². The fourth-order valence-corrected chi connectivity index (χ4v) is 3.06. The number of aromatic nitrogens is 2. The molecule has 1 atom stereocenters. The molecule has 2 heterocycles. The normalized spacial score (nSPS) is 17.8. The first-order chi connectivity index (χ1) is 11.8. The number of rotatable bonds is 3. The highest BCUT2D eigenvalue weighted by Crippen LogP contribution is 2.26. The minimum Gasteiger partial charge on any atom is -0.335 e. The van der Waals surface area contributed by atoms with Gasteiger partial charge in [-0.1, -0.05) is 29.8 Å². The maximum Gasteiger partial charge on any atom is 0.451 e. The smallest absolute Gasteiger partial charge is 0.335 e. The van der Waals surface area contributed by atoms with E-state index < -0.39 is 12.0 Å². The summed E-state index contributed by atoms with van der Waals surface area (Å²) in [6, 6.07) is 8.17. The molecule has 1 aliphatic rings. The van der Waals surface area contributed by atoms with Crippen molar-refractivity contribution in [3.8, 4) is 0 Å². The van der Waals surface area contributed by atoms with Gasteiger partial charge in [-0.15, -0.1) is 0 Å². The molecule has 0 bridgehead atoms. The predicted octanol–water partition coefficient (Wildman–Crippen LogP) is 3.65. The molecule has 0 saturated carbocycles. The maximum atomic E-state index is 12.6. The van der Waals surface area contributed by atoms with E-state index in [2.05, 4.69) is 9.97 Å². The molecule has 1 aromatic heterocycles. The highest BCUT2D eigenvalue weighted by molar-refractivity contribution is 5.94. The standard InChI is InChI=1S/C18H18F3N3O/c1-12-4-6-13(7-5-12)9-15-3-2-8-24(15)16(25)14-10-22-17(23-11-14)18(19,20)21/h4-7,10-11,15H,2-3,8-9H2,1H3/t15-/m1/s1. The number of aryl methyl sites for hydroxylation is 1. The van der Waals surface area contributed by atoms with Crippen molar-refractivity contribution in [2.45, 2.75) is 38.4 Å². The van der Waals surface area contributed by atoms with Crippen molar-refractivity contribution in [1.82, 2.24) is 14.9 Å². The van der Waals surface area contributed by atoms with Gasteiger partial charge in [-0.3, -0.25) is 4.79 Å². The average molecular weight is 349 g/mol. The van der Waals surface area contributed by atoms with E-state index in [0.717, 1.165) is 37.2 Å². The molecule has 0 spiro atoms. The van der Waals surface area contributed by atoms with Gasteiger partial charge in [0, 0.05) is 25.0 Å². The molecule has 132 valence electrons. The van der Waals surface area contributed by atoms with E-state index in [-0.39, 0.29) is 17.5 Å². The zero-order chi connectivity index (χ0) is 18.0. The number of nitrogens with zero attached hydrogens (tertiary/aromatic N) is 3. The zero-order valence-electron chi connectivity index (χ0n) is 13.8. The first kappa shape index (κ1) is 17.4. The molecule has 0 radical (unpaired) electrons. The SMILES string of the molecule is Cc1ccc(C[C@H]2CCCN2C(=O)c2cnc(C(F)(F)F)nc2)cc1. The van der Waals surface area contributed by atoms with Crippen LogP contribution in [-0.2, 0) is 12.6 Å². The van der Waals surface area contributed by atoms with Crippen LogP contribution in [0, 0.1) is 6.92 Å². The van der Waals surface area contributed by atoms with Gasteiger partial charge in [0.25, 0.3) is 5.91 Å². The molecular formula is C18H18F3N3O. The quantitative estimate of drug-likeness (QED) is 0.850. The number of amides is 1. The number of carbonyl (C=O) groups excluding carboxylic acids is 1. The monoisotopic (exact) mass is 349 g/mol. The second-order valence-corrected chi connectivity index (χ2v) is 6.28. The summed E-state index contributed by atoms with van der Waals surface area (Å²) in [6.45, 7) is 2.61. The van der Waals surface area contributed by atoms with Crippen molar-refractivity contribution in [3.05, 3.63) is 59.2 Å². The number of likely N-dealkylation sites (tertiary alicyclic amines) is 1. The summed E-state index contributed by atoms with van der Waals surface area (Å²) in [6.07, 6.45) is -0.208. The fourth-order valence-electron chi connectivity index (χ4n) is 3.06. The lowest BCUT2D eigenvalue weighted by Crippen LogP contribution is -2.37. The van der Waals surface area contributed by atoms with Crippen LogP contribution in [-0.4, -0.2) is 33.4 Å². The third-order valence-corrected chi connectivity index (χ3v) is 4.38. The first-order valence-electron chi connectivity index (χ1n) is 8.10. The number of benzene rings is 1. The van der Waals surface area contributed by atoms with Crippen molar-refractivity contribution >= 4 is 5.91 Å². The molecule has 0 unspecified atom stereocenters. The molecule has 0 aliphatic carbocycles. The van der Waals surface area contributed by atoms with Crippen LogP contribution in [0.5, 0.6) is 0 Å². The van der Waals surface area contributed by atoms with Crippen LogP contribution in [0.3, 0.4) is 0 Å². The average Bonchev–Trinajstić information content (AvgIpc) is 3.04. The van der Waals surface area contributed by atoms with Crippen LogP contribution >= 0.6 is 0 Å². The summed E-state index contributed by atoms with van der Waals surface area (Å²) in [4.78, 5) is 20.9. The highest BCUT2D eigenvalue weighted by Gasteiger charge is 2.35. The van der Waals surface area contributed by atoms with Gasteiger partial charge in [-0.25, -0.2) is 9.97 Å². The molecule has 1 amide bonds. The molecule has 2 aromatic rings. The van der Waals surface area contributed by atoms with Crippen LogP contribution in [0.15, 0.2) is 36.7 Å². The first-order valence-corrected chi connectivity index (χ1v) is 8.10. The largest absolute Gasteiger partial charge is 0.451 e. The third kappa shape index (κ3) is 3.97. The van der Waals surface area contributed by atoms with Crippen molar-refractivity contribution < 1.29 is 18.0 Å². The zero-order valence-corrected chi connectivity index (χ0v) is 13.8. The van der Waals surface area contributed by atoms with Crippen molar-refractivity contribution in [2.75, 3.05) is 6.54 Å². The summed E-state index contributed by atoms with van der Waals surface area (Å²) < 4.78 is 37.6. The van der Waals surface area contributed by atoms with Gasteiger partial charge in [-0.05, 0) is 31.7 Å². The highest BCUT2D eigenvalue weighted by atomic mass is 19.4. The lowest BCUT2D eigenvalue weighted by atomic mass is 10.0. The van der Waals surface area contributed by atoms with Crippen LogP contribution in [0.25, 0.3) is 0 Å². The van der Waals surface area contributed by atoms with Crippen LogP contribution in [0.4, 0.5) is 13.2 Å². The maximum absolute atomic E-state index is 12.6. The fraction of sp³-hybridized carbons (Fsp3) is 0.389. The van der Waals surface area contributed by atoms with E-state index in [0.29, 0.717) is 6.54 Å². The van der Waals surface area contributed by atoms with E-state index in [1.807, 2.05) is 31.2 Å². The lowest BCUT2D eigenvalue weighted by molar-refractivity contribution is -0.145. The Kier molecular flexibility index (Phi) is 4.74. The molecule has 1 saturated heterocycles. The molecule has 7 heteroatoms. The molecule has 1 aromatic carbocycles. The Balaban J connectivity index is 1.73. The minimum absolute atomic E-state index is 0.0394. The Labute approximate surface area is 143 Å². The van der Waals surface area contributed by atoms with Gasteiger partial charge in [0.15, 0.2) is 0 Å². The number of alkyl halides is 3. The second-order valence-electron chi connectivity index (χ2n) is 6.28. The molecule has 0 N–H and O–H groups in total. The summed E-state index contributed by atoms with van der Waals surface area (Å²) in [5.41, 5.74) is 2.40. The van der Waals surface area contributed by atoms with Gasteiger partial charge in [0.2, 0.25) is 5.82 Å². The van der Waals surface area contributed by atoms with E-state index in [1.54, 1.807) is 4.90 Å². The summed E-state index contributed by atoms with van der Waals surface area (Å²) in [5.74, 6) is -1.55. The molecular weight excluding hydrogens is 331 g/mol. The summed E-state index contributed by atoms with van der Waals surface area (Å²) >= 11 is 0. The van der Waals surface area contributed by atoms with Gasteiger partial charge in [0.1, 0.15) is 0 Å². The Morgan fingerprint density at radius 2 is 1.84 bits per heavy atom. The second kappa shape index (κ2) is 6.82. The van der Waals surface area contributed by atoms with Crippen molar-refractivity contribution in [1.29, 1.82) is 0 Å². The van der Waals surface area contributed by atoms with Crippen molar-refractivity contribution in [2.24, 2.45) is 0 Å². The third-order valence-electron chi connectivity index (χ3n) is 4.38. The van der Waals surface area contributed by atoms with Gasteiger partial charge < -0.3 is 4.90 Å². The molecule has 4 nitrogen and oxygen atoms in total. The number of hydrogen-bond acceptors (Lipinski definition) is 3. The van der Waals surface area contributed by atoms with Crippen LogP contribution in [0.2, 0.25) is 0 Å². The van der Waals surface area contributed by atoms with Gasteiger partial charge >= 0.3 is 6.18 Å². The molecule has 1 aliphatic heterocycles. The summed E-state index contributed by atoms with van der Waals surface area (Å²) in [7, 11) is 0. The molecule has 3 rings (SSSR count). The van der Waals surface area contributed by atoms with E-state index in [9.17, 15) is 18.0 Å². The number of carbonyl (C=O) groups is 1. The molecule has 25 heavy (non-hydrogen) atoms. The Bertz CT molecular complexity index is 742. The number of halogens is 3. The lowest BCUT2D eigenvalue weighted by Gasteiger charge is -2.25. The Hall–Kier alpha value is -2.44. The molecule has 1 fully saturated rings.